The van der Waals surface area contributed by atoms with Gasteiger partial charge in [0.15, 0.2) is 0 Å². The van der Waals surface area contributed by atoms with Crippen LogP contribution in [-0.2, 0) is 0 Å². The minimum Gasteiger partial charge on any atom is -0.314 e. The lowest BCUT2D eigenvalue weighted by Gasteiger charge is -2.21. The molecule has 1 nitrogen and oxygen atoms in total. The molecule has 19 heavy (non-hydrogen) atoms. The van der Waals surface area contributed by atoms with Crippen LogP contribution in [0, 0.1) is 5.92 Å². The van der Waals surface area contributed by atoms with Crippen molar-refractivity contribution in [3.8, 4) is 0 Å². The van der Waals surface area contributed by atoms with Crippen molar-refractivity contribution in [3.63, 3.8) is 0 Å². The first kappa shape index (κ1) is 12.7. The Hall–Kier alpha value is -1.34. The summed E-state index contributed by atoms with van der Waals surface area (Å²) in [4.78, 5) is 0. The van der Waals surface area contributed by atoms with Gasteiger partial charge >= 0.3 is 0 Å². The molecule has 0 aromatic heterocycles. The molecule has 2 aromatic rings. The highest BCUT2D eigenvalue weighted by molar-refractivity contribution is 5.83. The van der Waals surface area contributed by atoms with E-state index in [4.69, 9.17) is 0 Å². The van der Waals surface area contributed by atoms with Crippen LogP contribution in [0.4, 0.5) is 0 Å². The first-order valence-corrected chi connectivity index (χ1v) is 7.46. The molecule has 2 aromatic carbocycles. The molecule has 1 aliphatic carbocycles. The third-order valence-corrected chi connectivity index (χ3v) is 4.46. The summed E-state index contributed by atoms with van der Waals surface area (Å²) in [5, 5.41) is 6.34. The second-order valence-corrected chi connectivity index (χ2v) is 6.06. The van der Waals surface area contributed by atoms with E-state index in [0.717, 1.165) is 12.6 Å². The smallest absolute Gasteiger partial charge is 0.00683 e. The topological polar surface area (TPSA) is 12.0 Å². The Morgan fingerprint density at radius 1 is 1.05 bits per heavy atom. The van der Waals surface area contributed by atoms with Gasteiger partial charge in [0.25, 0.3) is 0 Å². The van der Waals surface area contributed by atoms with Gasteiger partial charge in [-0.05, 0) is 47.6 Å². The standard InChI is InChI=1S/C18H23N/c1-13(12-19-18-9-10-18)14(2)16-8-7-15-5-3-4-6-17(15)11-16/h3-8,11,13-14,18-19H,9-10,12H2,1-2H3. The van der Waals surface area contributed by atoms with Crippen LogP contribution < -0.4 is 5.32 Å². The van der Waals surface area contributed by atoms with E-state index in [1.165, 1.54) is 29.2 Å². The highest BCUT2D eigenvalue weighted by Gasteiger charge is 2.22. The maximum absolute atomic E-state index is 3.64. The van der Waals surface area contributed by atoms with Crippen molar-refractivity contribution in [2.45, 2.75) is 38.6 Å². The van der Waals surface area contributed by atoms with E-state index in [2.05, 4.69) is 61.6 Å². The van der Waals surface area contributed by atoms with E-state index in [1.54, 1.807) is 0 Å². The monoisotopic (exact) mass is 253 g/mol. The predicted octanol–water partition coefficient (Wildman–Crippen LogP) is 4.33. The molecule has 3 rings (SSSR count). The van der Waals surface area contributed by atoms with Gasteiger partial charge in [0.2, 0.25) is 0 Å². The van der Waals surface area contributed by atoms with Crippen molar-refractivity contribution in [3.05, 3.63) is 48.0 Å². The Balaban J connectivity index is 1.73. The van der Waals surface area contributed by atoms with Crippen LogP contribution in [0.2, 0.25) is 0 Å². The second-order valence-electron chi connectivity index (χ2n) is 6.06. The Morgan fingerprint density at radius 2 is 1.79 bits per heavy atom. The SMILES string of the molecule is CC(CNC1CC1)C(C)c1ccc2ccccc2c1. The quantitative estimate of drug-likeness (QED) is 0.836. The van der Waals surface area contributed by atoms with E-state index >= 15 is 0 Å². The third-order valence-electron chi connectivity index (χ3n) is 4.46. The molecule has 1 N–H and O–H groups in total. The van der Waals surface area contributed by atoms with E-state index in [0.29, 0.717) is 11.8 Å². The summed E-state index contributed by atoms with van der Waals surface area (Å²) in [7, 11) is 0. The zero-order valence-corrected chi connectivity index (χ0v) is 11.9. The molecule has 1 heteroatoms. The minimum absolute atomic E-state index is 0.607. The summed E-state index contributed by atoms with van der Waals surface area (Å²) >= 11 is 0. The van der Waals surface area contributed by atoms with E-state index in [9.17, 15) is 0 Å². The molecule has 1 fully saturated rings. The van der Waals surface area contributed by atoms with Crippen molar-refractivity contribution >= 4 is 10.8 Å². The van der Waals surface area contributed by atoms with Gasteiger partial charge in [0.1, 0.15) is 0 Å². The van der Waals surface area contributed by atoms with Crippen LogP contribution in [0.25, 0.3) is 10.8 Å². The zero-order valence-electron chi connectivity index (χ0n) is 11.9. The van der Waals surface area contributed by atoms with Gasteiger partial charge in [-0.25, -0.2) is 0 Å². The second kappa shape index (κ2) is 5.34. The lowest BCUT2D eigenvalue weighted by Crippen LogP contribution is -2.26. The average molecular weight is 253 g/mol. The molecule has 1 saturated carbocycles. The normalized spacial score (nSPS) is 18.4. The van der Waals surface area contributed by atoms with E-state index in [-0.39, 0.29) is 0 Å². The Bertz CT molecular complexity index is 556. The molecule has 0 spiro atoms. The molecule has 2 unspecified atom stereocenters. The van der Waals surface area contributed by atoms with Crippen LogP contribution in [0.15, 0.2) is 42.5 Å². The van der Waals surface area contributed by atoms with E-state index in [1.807, 2.05) is 0 Å². The van der Waals surface area contributed by atoms with Crippen molar-refractivity contribution in [1.29, 1.82) is 0 Å². The molecule has 0 aliphatic heterocycles. The summed E-state index contributed by atoms with van der Waals surface area (Å²) in [5.41, 5.74) is 1.46. The fraction of sp³-hybridized carbons (Fsp3) is 0.444. The molecule has 0 heterocycles. The predicted molar refractivity (Wildman–Crippen MR) is 82.6 cm³/mol. The van der Waals surface area contributed by atoms with Crippen LogP contribution in [0.1, 0.15) is 38.2 Å². The van der Waals surface area contributed by atoms with Crippen molar-refractivity contribution in [2.75, 3.05) is 6.54 Å². The third kappa shape index (κ3) is 2.98. The van der Waals surface area contributed by atoms with Gasteiger partial charge < -0.3 is 5.32 Å². The number of hydrogen-bond donors (Lipinski definition) is 1. The molecule has 0 radical (unpaired) electrons. The Kier molecular flexibility index (Phi) is 3.56. The summed E-state index contributed by atoms with van der Waals surface area (Å²) in [6.07, 6.45) is 2.74. The lowest BCUT2D eigenvalue weighted by molar-refractivity contribution is 0.446. The van der Waals surface area contributed by atoms with Gasteiger partial charge in [-0.15, -0.1) is 0 Å². The van der Waals surface area contributed by atoms with Crippen molar-refractivity contribution in [2.24, 2.45) is 5.92 Å². The van der Waals surface area contributed by atoms with Crippen molar-refractivity contribution < 1.29 is 0 Å². The van der Waals surface area contributed by atoms with Crippen molar-refractivity contribution in [1.82, 2.24) is 5.32 Å². The first-order chi connectivity index (χ1) is 9.24. The highest BCUT2D eigenvalue weighted by Crippen LogP contribution is 2.28. The number of nitrogens with one attached hydrogen (secondary N) is 1. The van der Waals surface area contributed by atoms with Gasteiger partial charge in [0, 0.05) is 6.04 Å². The molecule has 0 amide bonds. The van der Waals surface area contributed by atoms with Crippen LogP contribution >= 0.6 is 0 Å². The highest BCUT2D eigenvalue weighted by atomic mass is 14.9. The molecule has 0 saturated heterocycles. The average Bonchev–Trinajstić information content (AvgIpc) is 3.27. The molecular formula is C18H23N. The number of hydrogen-bond acceptors (Lipinski definition) is 1. The summed E-state index contributed by atoms with van der Waals surface area (Å²) in [5.74, 6) is 1.29. The number of benzene rings is 2. The zero-order chi connectivity index (χ0) is 13.2. The fourth-order valence-corrected chi connectivity index (χ4v) is 2.64. The van der Waals surface area contributed by atoms with Crippen LogP contribution in [0.5, 0.6) is 0 Å². The number of rotatable bonds is 5. The number of fused-ring (bicyclic) bond motifs is 1. The molecule has 2 atom stereocenters. The van der Waals surface area contributed by atoms with Gasteiger partial charge in [-0.2, -0.15) is 0 Å². The maximum atomic E-state index is 3.64. The minimum atomic E-state index is 0.607. The summed E-state index contributed by atoms with van der Waals surface area (Å²) in [6.45, 7) is 5.84. The van der Waals surface area contributed by atoms with Gasteiger partial charge in [-0.3, -0.25) is 0 Å². The maximum Gasteiger partial charge on any atom is 0.00683 e. The van der Waals surface area contributed by atoms with E-state index < -0.39 is 0 Å². The summed E-state index contributed by atoms with van der Waals surface area (Å²) < 4.78 is 0. The fourth-order valence-electron chi connectivity index (χ4n) is 2.64. The summed E-state index contributed by atoms with van der Waals surface area (Å²) in [6, 6.07) is 16.3. The van der Waals surface area contributed by atoms with Crippen LogP contribution in [0.3, 0.4) is 0 Å². The van der Waals surface area contributed by atoms with Crippen LogP contribution in [-0.4, -0.2) is 12.6 Å². The molecule has 0 bridgehead atoms. The van der Waals surface area contributed by atoms with Gasteiger partial charge in [-0.1, -0.05) is 56.3 Å². The molecule has 1 aliphatic rings. The molecular weight excluding hydrogens is 230 g/mol. The largest absolute Gasteiger partial charge is 0.314 e. The lowest BCUT2D eigenvalue weighted by atomic mass is 9.88. The molecule has 100 valence electrons. The Labute approximate surface area is 116 Å². The Morgan fingerprint density at radius 3 is 2.53 bits per heavy atom. The van der Waals surface area contributed by atoms with Gasteiger partial charge in [0.05, 0.1) is 0 Å². The first-order valence-electron chi connectivity index (χ1n) is 7.46.